The lowest BCUT2D eigenvalue weighted by atomic mass is 9.35. The molecule has 6 aromatic rings. The Hall–Kier alpha value is -4.70. The van der Waals surface area contributed by atoms with Crippen molar-refractivity contribution in [3.05, 3.63) is 122 Å². The molecule has 0 N–H and O–H groups in total. The topological polar surface area (TPSA) is 19.6 Å². The number of fused-ring (bicyclic) bond motifs is 11. The van der Waals surface area contributed by atoms with Gasteiger partial charge in [-0.2, -0.15) is 0 Å². The van der Waals surface area contributed by atoms with Crippen LogP contribution in [0.5, 0.6) is 0 Å². The third-order valence-electron chi connectivity index (χ3n) is 20.2. The van der Waals surface area contributed by atoms with Gasteiger partial charge in [-0.15, -0.1) is 0 Å². The van der Waals surface area contributed by atoms with E-state index in [9.17, 15) is 0 Å². The number of hydrogen-bond donors (Lipinski definition) is 0. The van der Waals surface area contributed by atoms with Crippen LogP contribution in [0.3, 0.4) is 0 Å². The van der Waals surface area contributed by atoms with E-state index in [4.69, 9.17) is 4.42 Å². The largest absolute Gasteiger partial charge is 0.468 e. The van der Waals surface area contributed by atoms with E-state index in [1.807, 2.05) is 0 Å². The molecule has 5 aromatic carbocycles. The second-order valence-electron chi connectivity index (χ2n) is 28.9. The number of nitrogens with zero attached hydrogens (tertiary/aromatic N) is 2. The molecule has 4 aliphatic carbocycles. The number of furan rings is 1. The van der Waals surface area contributed by atoms with Gasteiger partial charge in [0.05, 0.1) is 11.3 Å². The van der Waals surface area contributed by atoms with Gasteiger partial charge in [-0.25, -0.2) is 0 Å². The second-order valence-corrected chi connectivity index (χ2v) is 28.9. The van der Waals surface area contributed by atoms with Gasteiger partial charge < -0.3 is 14.2 Å². The predicted molar refractivity (Wildman–Crippen MR) is 301 cm³/mol. The average Bonchev–Trinajstić information content (AvgIpc) is 3.65. The van der Waals surface area contributed by atoms with Crippen LogP contribution in [0.25, 0.3) is 11.0 Å². The maximum absolute atomic E-state index is 7.78. The fraction of sp³-hybridized carbons (Fsp3) is 0.515. The van der Waals surface area contributed by atoms with Crippen molar-refractivity contribution in [1.29, 1.82) is 0 Å². The maximum Gasteiger partial charge on any atom is 0.297 e. The molecule has 0 amide bonds. The predicted octanol–water partition coefficient (Wildman–Crippen LogP) is 16.5. The van der Waals surface area contributed by atoms with E-state index in [1.54, 1.807) is 0 Å². The molecule has 2 aliphatic heterocycles. The monoisotopic (exact) mass is 929 g/mol. The number of hydrogen-bond acceptors (Lipinski definition) is 3. The van der Waals surface area contributed by atoms with Gasteiger partial charge in [-0.1, -0.05) is 135 Å². The summed E-state index contributed by atoms with van der Waals surface area (Å²) in [6, 6.07) is 28.0. The highest BCUT2D eigenvalue weighted by molar-refractivity contribution is 7.00. The van der Waals surface area contributed by atoms with Crippen LogP contribution < -0.4 is 26.4 Å². The van der Waals surface area contributed by atoms with E-state index in [2.05, 4.69) is 201 Å². The lowest BCUT2D eigenvalue weighted by Gasteiger charge is -2.49. The molecule has 4 heteroatoms. The van der Waals surface area contributed by atoms with Crippen molar-refractivity contribution in [2.24, 2.45) is 0 Å². The SMILES string of the molecule is Cc1cc2c3c(c1)N(c1cc4c(cc1C)C(C)(C)CCC4(C)C)c1c(oc4cc5c(cc14)C(C)(C)CCC5(C)C)B3c1ccc3c(c1N2c1ccc2c(c1)C(C)(C)CCC2(C)C)C(C)(C)CCC3(C)C. The van der Waals surface area contributed by atoms with Crippen LogP contribution in [-0.2, 0) is 43.3 Å². The molecule has 0 unspecified atom stereocenters. The van der Waals surface area contributed by atoms with Gasteiger partial charge in [0.1, 0.15) is 5.58 Å². The van der Waals surface area contributed by atoms with Gasteiger partial charge >= 0.3 is 0 Å². The van der Waals surface area contributed by atoms with E-state index < -0.39 is 0 Å². The van der Waals surface area contributed by atoms with Gasteiger partial charge in [0.15, 0.2) is 0 Å². The highest BCUT2D eigenvalue weighted by Crippen LogP contribution is 2.58. The third-order valence-corrected chi connectivity index (χ3v) is 20.2. The molecule has 0 radical (unpaired) electrons. The Bertz CT molecular complexity index is 3270. The molecule has 0 saturated heterocycles. The molecule has 0 atom stereocenters. The van der Waals surface area contributed by atoms with Crippen LogP contribution in [0.2, 0.25) is 0 Å². The Morgan fingerprint density at radius 2 is 0.871 bits per heavy atom. The summed E-state index contributed by atoms with van der Waals surface area (Å²) in [6.45, 7) is 44.3. The maximum atomic E-state index is 7.78. The molecule has 70 heavy (non-hydrogen) atoms. The van der Waals surface area contributed by atoms with Gasteiger partial charge in [0, 0.05) is 33.8 Å². The first kappa shape index (κ1) is 46.4. The van der Waals surface area contributed by atoms with Crippen LogP contribution in [-0.4, -0.2) is 6.71 Å². The zero-order valence-corrected chi connectivity index (χ0v) is 46.4. The summed E-state index contributed by atoms with van der Waals surface area (Å²) in [4.78, 5) is 5.47. The molecule has 3 nitrogen and oxygen atoms in total. The van der Waals surface area contributed by atoms with Crippen molar-refractivity contribution in [2.45, 2.75) is 219 Å². The van der Waals surface area contributed by atoms with Crippen LogP contribution in [0.4, 0.5) is 34.1 Å². The lowest BCUT2D eigenvalue weighted by molar-refractivity contribution is 0.331. The summed E-state index contributed by atoms with van der Waals surface area (Å²) in [6.07, 6.45) is 9.40. The summed E-state index contributed by atoms with van der Waals surface area (Å²) < 4.78 is 7.78. The molecule has 6 aliphatic rings. The van der Waals surface area contributed by atoms with Gasteiger partial charge in [0.25, 0.3) is 6.71 Å². The van der Waals surface area contributed by atoms with Crippen LogP contribution in [0, 0.1) is 13.8 Å². The molecular weight excluding hydrogens is 848 g/mol. The van der Waals surface area contributed by atoms with E-state index >= 15 is 0 Å². The molecular formula is C66H81BN2O. The molecule has 0 spiro atoms. The summed E-state index contributed by atoms with van der Waals surface area (Å²) in [5.41, 5.74) is 27.6. The number of rotatable bonds is 2. The van der Waals surface area contributed by atoms with Crippen molar-refractivity contribution < 1.29 is 4.42 Å². The minimum Gasteiger partial charge on any atom is -0.468 e. The summed E-state index contributed by atoms with van der Waals surface area (Å²) in [5.74, 6) is 0. The first-order valence-corrected chi connectivity index (χ1v) is 27.3. The van der Waals surface area contributed by atoms with E-state index in [0.29, 0.717) is 0 Å². The number of benzene rings is 5. The molecule has 364 valence electrons. The van der Waals surface area contributed by atoms with Crippen molar-refractivity contribution in [3.63, 3.8) is 0 Å². The van der Waals surface area contributed by atoms with E-state index in [1.165, 1.54) is 151 Å². The minimum absolute atomic E-state index is 0.0392. The second kappa shape index (κ2) is 14.1. The van der Waals surface area contributed by atoms with Gasteiger partial charge in [-0.3, -0.25) is 0 Å². The smallest absolute Gasteiger partial charge is 0.297 e. The van der Waals surface area contributed by atoms with Crippen LogP contribution in [0.1, 0.15) is 218 Å². The van der Waals surface area contributed by atoms with E-state index in [-0.39, 0.29) is 50.0 Å². The first-order valence-electron chi connectivity index (χ1n) is 27.3. The molecule has 0 fully saturated rings. The summed E-state index contributed by atoms with van der Waals surface area (Å²) in [7, 11) is 0. The van der Waals surface area contributed by atoms with Crippen molar-refractivity contribution >= 4 is 68.4 Å². The molecule has 0 saturated carbocycles. The zero-order chi connectivity index (χ0) is 50.0. The fourth-order valence-electron chi connectivity index (χ4n) is 15.1. The normalized spacial score (nSPS) is 22.8. The molecule has 0 bridgehead atoms. The minimum atomic E-state index is -0.0963. The highest BCUT2D eigenvalue weighted by atomic mass is 16.3. The molecule has 12 rings (SSSR count). The highest BCUT2D eigenvalue weighted by Gasteiger charge is 2.52. The summed E-state index contributed by atoms with van der Waals surface area (Å²) in [5, 5.41) is 1.24. The Kier molecular flexibility index (Phi) is 9.33. The van der Waals surface area contributed by atoms with Crippen LogP contribution >= 0.6 is 0 Å². The van der Waals surface area contributed by atoms with Crippen molar-refractivity contribution in [3.8, 4) is 0 Å². The average molecular weight is 929 g/mol. The lowest BCUT2D eigenvalue weighted by Crippen LogP contribution is -2.61. The number of anilines is 6. The summed E-state index contributed by atoms with van der Waals surface area (Å²) >= 11 is 0. The van der Waals surface area contributed by atoms with Crippen molar-refractivity contribution in [2.75, 3.05) is 9.80 Å². The first-order chi connectivity index (χ1) is 32.5. The zero-order valence-electron chi connectivity index (χ0n) is 46.4. The molecule has 3 heterocycles. The van der Waals surface area contributed by atoms with Gasteiger partial charge in [-0.05, 0) is 218 Å². The number of aryl methyl sites for hydroxylation is 2. The Labute approximate surface area is 422 Å². The van der Waals surface area contributed by atoms with Crippen LogP contribution in [0.15, 0.2) is 71.1 Å². The Morgan fingerprint density at radius 3 is 1.46 bits per heavy atom. The fourth-order valence-corrected chi connectivity index (χ4v) is 15.1. The standard InChI is InChI=1S/C66H81BN2O/c1-38-31-51-55-52(32-38)69(50-36-47-44(33-39(50)2)61(7,8)25-27-64(47,13)14)56-41-35-46-48(65(15,16)28-26-63(46,11)12)37-53(41)70-58(56)67(55)49-22-21-43-54(66(17,18)30-29-60(43,5)6)57(49)68(51)40-19-20-42-45(34-40)62(9,10)24-23-59(42,3)4/h19-22,31-37H,23-30H2,1-18H3. The molecule has 1 aromatic heterocycles. The van der Waals surface area contributed by atoms with Crippen molar-refractivity contribution in [1.82, 2.24) is 0 Å². The third kappa shape index (κ3) is 6.31. The Balaban J connectivity index is 1.24. The Morgan fingerprint density at radius 1 is 0.414 bits per heavy atom. The quantitative estimate of drug-likeness (QED) is 0.161. The van der Waals surface area contributed by atoms with E-state index in [0.717, 1.165) is 17.7 Å². The van der Waals surface area contributed by atoms with Gasteiger partial charge in [0.2, 0.25) is 0 Å².